The molecule has 0 heterocycles. The van der Waals surface area contributed by atoms with Gasteiger partial charge in [-0.2, -0.15) is 0 Å². The third-order valence-electron chi connectivity index (χ3n) is 6.64. The zero-order valence-corrected chi connectivity index (χ0v) is 21.7. The molecule has 151 valence electrons. The summed E-state index contributed by atoms with van der Waals surface area (Å²) in [5.41, 5.74) is 7.39. The molecule has 0 aromatic carbocycles. The topological polar surface area (TPSA) is 0 Å². The maximum atomic E-state index is 2.47. The molecule has 3 rings (SSSR count). The monoisotopic (exact) mass is 485 g/mol. The molecular formula is C24H37Cl2Zr. The first kappa shape index (κ1) is 25.3. The first-order chi connectivity index (χ1) is 12.2. The summed E-state index contributed by atoms with van der Waals surface area (Å²) in [6.07, 6.45) is 20.6. The number of hydrogen-bond donors (Lipinski definition) is 0. The minimum absolute atomic E-state index is 0. The Hall–Kier alpha value is 0.293. The average molecular weight is 488 g/mol. The van der Waals surface area contributed by atoms with Gasteiger partial charge in [-0.15, -0.1) is 24.8 Å². The van der Waals surface area contributed by atoms with E-state index in [1.54, 1.807) is 22.3 Å². The van der Waals surface area contributed by atoms with Crippen LogP contribution in [0.15, 0.2) is 43.8 Å². The molecule has 0 bridgehead atoms. The number of halogens is 2. The molecule has 1 fully saturated rings. The Balaban J connectivity index is 0.00000182. The molecule has 0 amide bonds. The predicted molar refractivity (Wildman–Crippen MR) is 122 cm³/mol. The normalized spacial score (nSPS) is 24.6. The van der Waals surface area contributed by atoms with Gasteiger partial charge in [0.1, 0.15) is 0 Å². The molecule has 0 N–H and O–H groups in total. The molecule has 0 aromatic heterocycles. The maximum absolute atomic E-state index is 2.47. The van der Waals surface area contributed by atoms with E-state index in [1.807, 2.05) is 6.49 Å². The van der Waals surface area contributed by atoms with Crippen LogP contribution in [0.4, 0.5) is 0 Å². The Morgan fingerprint density at radius 3 is 2.04 bits per heavy atom. The van der Waals surface area contributed by atoms with Gasteiger partial charge in [0.2, 0.25) is 0 Å². The van der Waals surface area contributed by atoms with E-state index in [-0.39, 0.29) is 24.8 Å². The van der Waals surface area contributed by atoms with Crippen molar-refractivity contribution in [1.82, 2.24) is 0 Å². The summed E-state index contributed by atoms with van der Waals surface area (Å²) < 4.78 is 3.98. The summed E-state index contributed by atoms with van der Waals surface area (Å²) in [4.78, 5) is 0. The van der Waals surface area contributed by atoms with Gasteiger partial charge in [-0.05, 0) is 0 Å². The molecule has 0 aliphatic heterocycles. The summed E-state index contributed by atoms with van der Waals surface area (Å²) in [6.45, 7) is 9.68. The van der Waals surface area contributed by atoms with Gasteiger partial charge >= 0.3 is 167 Å². The maximum Gasteiger partial charge on any atom is -0.147 e. The third kappa shape index (κ3) is 4.57. The van der Waals surface area contributed by atoms with Gasteiger partial charge in [0.15, 0.2) is 0 Å². The van der Waals surface area contributed by atoms with E-state index >= 15 is 0 Å². The van der Waals surface area contributed by atoms with Crippen LogP contribution in [0.2, 0.25) is 0 Å². The van der Waals surface area contributed by atoms with E-state index in [9.17, 15) is 0 Å². The van der Waals surface area contributed by atoms with E-state index < -0.39 is 22.8 Å². The Kier molecular flexibility index (Phi) is 10.8. The van der Waals surface area contributed by atoms with Gasteiger partial charge in [0, 0.05) is 0 Å². The van der Waals surface area contributed by atoms with E-state index in [1.165, 1.54) is 64.2 Å². The zero-order chi connectivity index (χ0) is 17.9. The number of hydrogen-bond acceptors (Lipinski definition) is 0. The molecule has 3 aliphatic rings. The number of allylic oxidation sites excluding steroid dienone is 8. The van der Waals surface area contributed by atoms with Gasteiger partial charge in [-0.25, -0.2) is 0 Å². The molecule has 0 spiro atoms. The molecule has 1 unspecified atom stereocenters. The fourth-order valence-electron chi connectivity index (χ4n) is 5.53. The second kappa shape index (κ2) is 11.5. The van der Waals surface area contributed by atoms with Crippen LogP contribution in [0, 0.1) is 5.41 Å². The van der Waals surface area contributed by atoms with Gasteiger partial charge in [-0.3, -0.25) is 0 Å². The van der Waals surface area contributed by atoms with E-state index in [2.05, 4.69) is 45.9 Å². The standard InChI is InChI=1S/C18H25.C6H10.2ClH.Zr/c1-5-14-13-18(8-4,15-11-9-10-12-15)17(7-3)16(14)6-2;1-2-4-6-5-3-1;;;/h9-11H,5-8,12H2,1-4H3;1-5H2;2*1H;. The summed E-state index contributed by atoms with van der Waals surface area (Å²) in [5, 5.41) is 0. The van der Waals surface area contributed by atoms with Crippen LogP contribution >= 0.6 is 24.8 Å². The molecular weight excluding hydrogens is 450 g/mol. The first-order valence-electron chi connectivity index (χ1n) is 10.7. The Morgan fingerprint density at radius 1 is 0.889 bits per heavy atom. The zero-order valence-electron chi connectivity index (χ0n) is 17.6. The Labute approximate surface area is 190 Å². The average Bonchev–Trinajstić information content (AvgIpc) is 3.27. The van der Waals surface area contributed by atoms with Crippen molar-refractivity contribution in [2.75, 3.05) is 0 Å². The molecule has 1 atom stereocenters. The SMILES string of the molecule is CCC1=C(CC)C(CC)(C2=CC=CC2)[C]([Zr]=[C]2CCCCC2)=C1CC.Cl.Cl. The minimum atomic E-state index is -0.607. The third-order valence-corrected chi connectivity index (χ3v) is 11.1. The summed E-state index contributed by atoms with van der Waals surface area (Å²) in [6, 6.07) is 0. The van der Waals surface area contributed by atoms with Crippen molar-refractivity contribution in [2.24, 2.45) is 5.41 Å². The van der Waals surface area contributed by atoms with Crippen molar-refractivity contribution in [3.63, 3.8) is 0 Å². The van der Waals surface area contributed by atoms with Crippen LogP contribution in [0.25, 0.3) is 0 Å². The summed E-state index contributed by atoms with van der Waals surface area (Å²) in [7, 11) is 0. The van der Waals surface area contributed by atoms with Crippen LogP contribution in [0.5, 0.6) is 0 Å². The van der Waals surface area contributed by atoms with Crippen molar-refractivity contribution in [3.05, 3.63) is 43.8 Å². The molecule has 3 heteroatoms. The first-order valence-corrected chi connectivity index (χ1v) is 13.1. The van der Waals surface area contributed by atoms with Crippen molar-refractivity contribution in [3.8, 4) is 0 Å². The summed E-state index contributed by atoms with van der Waals surface area (Å²) >= 11 is -0.607. The fourth-order valence-corrected chi connectivity index (χ4v) is 10.8. The van der Waals surface area contributed by atoms with E-state index in [0.29, 0.717) is 5.41 Å². The van der Waals surface area contributed by atoms with Gasteiger partial charge in [-0.1, -0.05) is 0 Å². The van der Waals surface area contributed by atoms with Crippen LogP contribution in [0.3, 0.4) is 0 Å². The molecule has 0 saturated heterocycles. The summed E-state index contributed by atoms with van der Waals surface area (Å²) in [5.74, 6) is 0. The van der Waals surface area contributed by atoms with Crippen molar-refractivity contribution < 1.29 is 22.8 Å². The van der Waals surface area contributed by atoms with Crippen molar-refractivity contribution in [2.45, 2.75) is 91.9 Å². The van der Waals surface area contributed by atoms with Crippen molar-refractivity contribution in [1.29, 1.82) is 0 Å². The van der Waals surface area contributed by atoms with E-state index in [4.69, 9.17) is 0 Å². The van der Waals surface area contributed by atoms with Crippen LogP contribution < -0.4 is 0 Å². The molecule has 1 saturated carbocycles. The van der Waals surface area contributed by atoms with E-state index in [0.717, 1.165) is 0 Å². The predicted octanol–water partition coefficient (Wildman–Crippen LogP) is 8.13. The Bertz CT molecular complexity index is 670. The van der Waals surface area contributed by atoms with Crippen LogP contribution in [0.1, 0.15) is 91.9 Å². The van der Waals surface area contributed by atoms with Gasteiger partial charge < -0.3 is 0 Å². The molecule has 27 heavy (non-hydrogen) atoms. The molecule has 0 nitrogen and oxygen atoms in total. The fraction of sp³-hybridized carbons (Fsp3) is 0.625. The second-order valence-corrected chi connectivity index (χ2v) is 11.3. The second-order valence-electron chi connectivity index (χ2n) is 7.74. The molecule has 0 radical (unpaired) electrons. The van der Waals surface area contributed by atoms with Gasteiger partial charge in [0.05, 0.1) is 0 Å². The van der Waals surface area contributed by atoms with Crippen molar-refractivity contribution >= 4 is 28.0 Å². The van der Waals surface area contributed by atoms with Crippen LogP contribution in [-0.4, -0.2) is 3.21 Å². The molecule has 0 aromatic rings. The molecule has 3 aliphatic carbocycles. The van der Waals surface area contributed by atoms with Gasteiger partial charge in [0.25, 0.3) is 0 Å². The largest absolute Gasteiger partial charge is 0.147 e. The number of rotatable bonds is 6. The Morgan fingerprint density at radius 2 is 1.56 bits per heavy atom. The minimum Gasteiger partial charge on any atom is -0.147 e. The van der Waals surface area contributed by atoms with Crippen LogP contribution in [-0.2, 0) is 22.8 Å². The quantitative estimate of drug-likeness (QED) is 0.355. The smallest absolute Gasteiger partial charge is 0.147 e.